The number of phenols is 1. The number of hydrazone groups is 1. The zero-order valence-corrected chi connectivity index (χ0v) is 15.5. The molecule has 0 aliphatic heterocycles. The molecule has 4 nitrogen and oxygen atoms in total. The van der Waals surface area contributed by atoms with E-state index in [0.29, 0.717) is 14.5 Å². The van der Waals surface area contributed by atoms with Crippen LogP contribution in [0.15, 0.2) is 68.6 Å². The number of carbonyl (C=O) groups is 1. The van der Waals surface area contributed by atoms with E-state index >= 15 is 0 Å². The van der Waals surface area contributed by atoms with Gasteiger partial charge < -0.3 is 5.11 Å². The lowest BCUT2D eigenvalue weighted by molar-refractivity contribution is 0.0957. The van der Waals surface area contributed by atoms with Crippen molar-refractivity contribution in [2.45, 2.75) is 0 Å². The van der Waals surface area contributed by atoms with Gasteiger partial charge in [0.2, 0.25) is 0 Å². The standard InChI is InChI=1S/C18H12Br2N2O2/c19-15-8-11(9-16(20)17(15)23)10-21-22-18(24)14-7-3-5-12-4-1-2-6-13(12)14/h1-10,23H,(H,22,24)/b21-10-. The Morgan fingerprint density at radius 2 is 1.71 bits per heavy atom. The topological polar surface area (TPSA) is 61.7 Å². The molecule has 1 amide bonds. The first kappa shape index (κ1) is 16.7. The molecule has 0 aliphatic rings. The number of nitrogens with zero attached hydrogens (tertiary/aromatic N) is 1. The molecule has 0 unspecified atom stereocenters. The van der Waals surface area contributed by atoms with Crippen molar-refractivity contribution in [3.8, 4) is 5.75 Å². The summed E-state index contributed by atoms with van der Waals surface area (Å²) in [4.78, 5) is 12.4. The Hall–Kier alpha value is -2.18. The van der Waals surface area contributed by atoms with Crippen LogP contribution in [0.3, 0.4) is 0 Å². The first-order valence-electron chi connectivity index (χ1n) is 7.05. The Labute approximate surface area is 155 Å². The van der Waals surface area contributed by atoms with Gasteiger partial charge in [0.15, 0.2) is 0 Å². The van der Waals surface area contributed by atoms with Crippen LogP contribution >= 0.6 is 31.9 Å². The first-order valence-corrected chi connectivity index (χ1v) is 8.64. The van der Waals surface area contributed by atoms with Gasteiger partial charge in [-0.05, 0) is 66.4 Å². The van der Waals surface area contributed by atoms with Crippen molar-refractivity contribution in [3.63, 3.8) is 0 Å². The van der Waals surface area contributed by atoms with E-state index in [2.05, 4.69) is 42.4 Å². The highest BCUT2D eigenvalue weighted by Gasteiger charge is 2.08. The molecule has 0 saturated heterocycles. The second-order valence-corrected chi connectivity index (χ2v) is 6.77. The lowest BCUT2D eigenvalue weighted by Gasteiger charge is -2.05. The summed E-state index contributed by atoms with van der Waals surface area (Å²) in [7, 11) is 0. The third-order valence-electron chi connectivity index (χ3n) is 3.45. The average molecular weight is 448 g/mol. The van der Waals surface area contributed by atoms with Gasteiger partial charge in [0.25, 0.3) is 5.91 Å². The first-order chi connectivity index (χ1) is 11.6. The van der Waals surface area contributed by atoms with Crippen molar-refractivity contribution in [1.29, 1.82) is 0 Å². The van der Waals surface area contributed by atoms with Crippen molar-refractivity contribution >= 4 is 54.8 Å². The zero-order valence-electron chi connectivity index (χ0n) is 12.3. The quantitative estimate of drug-likeness (QED) is 0.446. The number of aromatic hydroxyl groups is 1. The van der Waals surface area contributed by atoms with Crippen molar-refractivity contribution < 1.29 is 9.90 Å². The molecule has 3 aromatic rings. The van der Waals surface area contributed by atoms with E-state index in [9.17, 15) is 9.90 Å². The van der Waals surface area contributed by atoms with Gasteiger partial charge in [0.1, 0.15) is 5.75 Å². The Balaban J connectivity index is 1.80. The summed E-state index contributed by atoms with van der Waals surface area (Å²) in [6.45, 7) is 0. The average Bonchev–Trinajstić information content (AvgIpc) is 2.59. The van der Waals surface area contributed by atoms with Crippen molar-refractivity contribution in [3.05, 3.63) is 74.7 Å². The van der Waals surface area contributed by atoms with Gasteiger partial charge in [-0.2, -0.15) is 5.10 Å². The Bertz CT molecular complexity index is 926. The van der Waals surface area contributed by atoms with Crippen LogP contribution in [-0.2, 0) is 0 Å². The number of fused-ring (bicyclic) bond motifs is 1. The molecule has 24 heavy (non-hydrogen) atoms. The van der Waals surface area contributed by atoms with Crippen LogP contribution in [0.25, 0.3) is 10.8 Å². The maximum atomic E-state index is 12.4. The summed E-state index contributed by atoms with van der Waals surface area (Å²) in [6.07, 6.45) is 1.51. The molecule has 2 N–H and O–H groups in total. The van der Waals surface area contributed by atoms with Crippen LogP contribution in [0, 0.1) is 0 Å². The molecule has 0 radical (unpaired) electrons. The van der Waals surface area contributed by atoms with E-state index in [-0.39, 0.29) is 11.7 Å². The van der Waals surface area contributed by atoms with Crippen LogP contribution in [0.1, 0.15) is 15.9 Å². The predicted octanol–water partition coefficient (Wildman–Crippen LogP) is 4.83. The third-order valence-corrected chi connectivity index (χ3v) is 4.66. The minimum atomic E-state index is -0.278. The van der Waals surface area contributed by atoms with Crippen LogP contribution in [0.2, 0.25) is 0 Å². The molecule has 6 heteroatoms. The molecular weight excluding hydrogens is 436 g/mol. The fraction of sp³-hybridized carbons (Fsp3) is 0. The minimum absolute atomic E-state index is 0.118. The van der Waals surface area contributed by atoms with Gasteiger partial charge in [-0.25, -0.2) is 5.43 Å². The fourth-order valence-corrected chi connectivity index (χ4v) is 3.53. The van der Waals surface area contributed by atoms with Crippen molar-refractivity contribution in [2.24, 2.45) is 5.10 Å². The molecule has 0 aliphatic carbocycles. The monoisotopic (exact) mass is 446 g/mol. The van der Waals surface area contributed by atoms with E-state index < -0.39 is 0 Å². The molecule has 0 spiro atoms. The Morgan fingerprint density at radius 3 is 2.46 bits per heavy atom. The van der Waals surface area contributed by atoms with E-state index in [4.69, 9.17) is 0 Å². The van der Waals surface area contributed by atoms with Crippen LogP contribution in [0.5, 0.6) is 5.75 Å². The van der Waals surface area contributed by atoms with Crippen molar-refractivity contribution in [1.82, 2.24) is 5.43 Å². The molecule has 0 aromatic heterocycles. The number of hydrogen-bond donors (Lipinski definition) is 2. The molecule has 0 bridgehead atoms. The number of amides is 1. The largest absolute Gasteiger partial charge is 0.506 e. The van der Waals surface area contributed by atoms with E-state index in [0.717, 1.165) is 16.3 Å². The Morgan fingerprint density at radius 1 is 1.04 bits per heavy atom. The van der Waals surface area contributed by atoms with Gasteiger partial charge in [0.05, 0.1) is 15.2 Å². The number of halogens is 2. The molecule has 3 rings (SSSR count). The summed E-state index contributed by atoms with van der Waals surface area (Å²) in [6, 6.07) is 16.7. The summed E-state index contributed by atoms with van der Waals surface area (Å²) in [5, 5.41) is 15.6. The second kappa shape index (κ2) is 7.15. The fourth-order valence-electron chi connectivity index (χ4n) is 2.31. The maximum absolute atomic E-state index is 12.4. The third kappa shape index (κ3) is 3.49. The normalized spacial score (nSPS) is 11.1. The van der Waals surface area contributed by atoms with Gasteiger partial charge in [-0.1, -0.05) is 36.4 Å². The van der Waals surface area contributed by atoms with E-state index in [1.807, 2.05) is 36.4 Å². The number of hydrogen-bond acceptors (Lipinski definition) is 3. The summed E-state index contributed by atoms with van der Waals surface area (Å²) >= 11 is 6.51. The Kier molecular flexibility index (Phi) is 4.97. The molecular formula is C18H12Br2N2O2. The molecule has 0 heterocycles. The summed E-state index contributed by atoms with van der Waals surface area (Å²) < 4.78 is 1.08. The number of phenolic OH excluding ortho intramolecular Hbond substituents is 1. The zero-order chi connectivity index (χ0) is 17.1. The number of benzene rings is 3. The molecule has 120 valence electrons. The van der Waals surface area contributed by atoms with Gasteiger partial charge in [-0.3, -0.25) is 4.79 Å². The lowest BCUT2D eigenvalue weighted by Crippen LogP contribution is -2.17. The number of rotatable bonds is 3. The predicted molar refractivity (Wildman–Crippen MR) is 103 cm³/mol. The van der Waals surface area contributed by atoms with Crippen LogP contribution < -0.4 is 5.43 Å². The highest BCUT2D eigenvalue weighted by Crippen LogP contribution is 2.32. The summed E-state index contributed by atoms with van der Waals surface area (Å²) in [5.41, 5.74) is 3.83. The number of carbonyl (C=O) groups excluding carboxylic acids is 1. The second-order valence-electron chi connectivity index (χ2n) is 5.06. The van der Waals surface area contributed by atoms with Gasteiger partial charge in [0, 0.05) is 5.56 Å². The maximum Gasteiger partial charge on any atom is 0.271 e. The minimum Gasteiger partial charge on any atom is -0.506 e. The SMILES string of the molecule is O=C(N/N=C\c1cc(Br)c(O)c(Br)c1)c1cccc2ccccc12. The molecule has 0 fully saturated rings. The highest BCUT2D eigenvalue weighted by atomic mass is 79.9. The lowest BCUT2D eigenvalue weighted by atomic mass is 10.0. The van der Waals surface area contributed by atoms with E-state index in [1.165, 1.54) is 6.21 Å². The van der Waals surface area contributed by atoms with Crippen molar-refractivity contribution in [2.75, 3.05) is 0 Å². The molecule has 0 saturated carbocycles. The summed E-state index contributed by atoms with van der Waals surface area (Å²) in [5.74, 6) is -0.160. The van der Waals surface area contributed by atoms with Gasteiger partial charge >= 0.3 is 0 Å². The molecule has 3 aromatic carbocycles. The highest BCUT2D eigenvalue weighted by molar-refractivity contribution is 9.11. The molecule has 0 atom stereocenters. The van der Waals surface area contributed by atoms with Crippen LogP contribution in [-0.4, -0.2) is 17.2 Å². The van der Waals surface area contributed by atoms with E-state index in [1.54, 1.807) is 18.2 Å². The number of nitrogens with one attached hydrogen (secondary N) is 1. The van der Waals surface area contributed by atoms with Gasteiger partial charge in [-0.15, -0.1) is 0 Å². The smallest absolute Gasteiger partial charge is 0.271 e. The van der Waals surface area contributed by atoms with Crippen LogP contribution in [0.4, 0.5) is 0 Å².